The van der Waals surface area contributed by atoms with E-state index in [2.05, 4.69) is 16.3 Å². The van der Waals surface area contributed by atoms with E-state index in [0.29, 0.717) is 24.0 Å². The Hall–Kier alpha value is -0.870. The Kier molecular flexibility index (Phi) is 4.46. The summed E-state index contributed by atoms with van der Waals surface area (Å²) in [4.78, 5) is 15.1. The molecule has 4 heteroatoms. The first-order valence-electron chi connectivity index (χ1n) is 9.56. The van der Waals surface area contributed by atoms with Crippen LogP contribution in [0.4, 0.5) is 0 Å². The van der Waals surface area contributed by atoms with E-state index in [-0.39, 0.29) is 12.1 Å². The first-order chi connectivity index (χ1) is 11.3. The van der Waals surface area contributed by atoms with Crippen LogP contribution in [0.5, 0.6) is 0 Å². The second-order valence-corrected chi connectivity index (χ2v) is 7.88. The molecule has 4 nitrogen and oxygen atoms in total. The van der Waals surface area contributed by atoms with Crippen LogP contribution in [-0.4, -0.2) is 42.8 Å². The van der Waals surface area contributed by atoms with Crippen LogP contribution in [-0.2, 0) is 9.53 Å². The Balaban J connectivity index is 1.49. The Bertz CT molecular complexity index is 490. The first-order valence-corrected chi connectivity index (χ1v) is 9.56. The minimum atomic E-state index is 0.185. The van der Waals surface area contributed by atoms with E-state index in [1.54, 1.807) is 0 Å². The minimum absolute atomic E-state index is 0.185. The molecular formula is C19H30N2O2. The molecule has 1 N–H and O–H groups in total. The van der Waals surface area contributed by atoms with Gasteiger partial charge in [0, 0.05) is 19.7 Å². The SMILES string of the molecule is COC1CCCC(/C=C2\CCN3C2NC(=O)C2CCCCC23)C1. The summed E-state index contributed by atoms with van der Waals surface area (Å²) in [6.45, 7) is 1.12. The second kappa shape index (κ2) is 6.56. The highest BCUT2D eigenvalue weighted by Crippen LogP contribution is 2.39. The number of hydrogen-bond acceptors (Lipinski definition) is 3. The number of rotatable bonds is 2. The largest absolute Gasteiger partial charge is 0.381 e. The molecule has 1 amide bonds. The van der Waals surface area contributed by atoms with Crippen LogP contribution < -0.4 is 5.32 Å². The Labute approximate surface area is 139 Å². The lowest BCUT2D eigenvalue weighted by molar-refractivity contribution is -0.135. The molecule has 2 saturated heterocycles. The molecule has 2 aliphatic heterocycles. The molecule has 5 atom stereocenters. The monoisotopic (exact) mass is 318 g/mol. The molecule has 5 unspecified atom stereocenters. The summed E-state index contributed by atoms with van der Waals surface area (Å²) in [5, 5.41) is 3.33. The Morgan fingerprint density at radius 2 is 2.04 bits per heavy atom. The topological polar surface area (TPSA) is 41.6 Å². The van der Waals surface area contributed by atoms with Crippen molar-refractivity contribution in [3.05, 3.63) is 11.6 Å². The van der Waals surface area contributed by atoms with Crippen molar-refractivity contribution < 1.29 is 9.53 Å². The van der Waals surface area contributed by atoms with Gasteiger partial charge in [0.2, 0.25) is 5.91 Å². The number of methoxy groups -OCH3 is 1. The van der Waals surface area contributed by atoms with E-state index in [0.717, 1.165) is 25.8 Å². The van der Waals surface area contributed by atoms with Crippen molar-refractivity contribution in [3.63, 3.8) is 0 Å². The van der Waals surface area contributed by atoms with Crippen molar-refractivity contribution in [2.75, 3.05) is 13.7 Å². The zero-order valence-electron chi connectivity index (χ0n) is 14.3. The standard InChI is InChI=1S/C19H30N2O2/c1-23-15-6-4-5-13(12-15)11-14-9-10-21-17-8-3-2-7-16(17)19(22)20-18(14)21/h11,13,15-18H,2-10,12H2,1H3,(H,20,22)/b14-11+. The fraction of sp³-hybridized carbons (Fsp3) is 0.842. The van der Waals surface area contributed by atoms with Gasteiger partial charge in [0.15, 0.2) is 0 Å². The van der Waals surface area contributed by atoms with Gasteiger partial charge < -0.3 is 10.1 Å². The number of fused-ring (bicyclic) bond motifs is 3. The van der Waals surface area contributed by atoms with Crippen molar-refractivity contribution in [1.29, 1.82) is 0 Å². The van der Waals surface area contributed by atoms with Gasteiger partial charge in [-0.1, -0.05) is 25.3 Å². The van der Waals surface area contributed by atoms with Crippen LogP contribution in [0, 0.1) is 11.8 Å². The molecule has 23 heavy (non-hydrogen) atoms. The van der Waals surface area contributed by atoms with E-state index in [1.165, 1.54) is 44.1 Å². The number of hydrogen-bond donors (Lipinski definition) is 1. The number of nitrogens with zero attached hydrogens (tertiary/aromatic N) is 1. The molecule has 4 rings (SSSR count). The molecule has 0 aromatic carbocycles. The minimum Gasteiger partial charge on any atom is -0.381 e. The molecule has 0 aromatic rings. The van der Waals surface area contributed by atoms with Crippen molar-refractivity contribution in [2.24, 2.45) is 11.8 Å². The smallest absolute Gasteiger partial charge is 0.226 e. The third-order valence-electron chi connectivity index (χ3n) is 6.56. The van der Waals surface area contributed by atoms with Gasteiger partial charge in [0.05, 0.1) is 12.0 Å². The molecule has 0 radical (unpaired) electrons. The Morgan fingerprint density at radius 3 is 2.91 bits per heavy atom. The van der Waals surface area contributed by atoms with Gasteiger partial charge in [0.25, 0.3) is 0 Å². The van der Waals surface area contributed by atoms with Crippen LogP contribution in [0.2, 0.25) is 0 Å². The average molecular weight is 318 g/mol. The summed E-state index contributed by atoms with van der Waals surface area (Å²) < 4.78 is 5.57. The first kappa shape index (κ1) is 15.6. The predicted molar refractivity (Wildman–Crippen MR) is 89.8 cm³/mol. The number of nitrogens with one attached hydrogen (secondary N) is 1. The van der Waals surface area contributed by atoms with E-state index in [9.17, 15) is 4.79 Å². The maximum atomic E-state index is 12.5. The zero-order valence-corrected chi connectivity index (χ0v) is 14.3. The highest BCUT2D eigenvalue weighted by Gasteiger charge is 2.46. The summed E-state index contributed by atoms with van der Waals surface area (Å²) in [6.07, 6.45) is 13.9. The third-order valence-corrected chi connectivity index (χ3v) is 6.56. The maximum absolute atomic E-state index is 12.5. The number of carbonyl (C=O) groups excluding carboxylic acids is 1. The van der Waals surface area contributed by atoms with Crippen molar-refractivity contribution in [3.8, 4) is 0 Å². The van der Waals surface area contributed by atoms with Crippen LogP contribution >= 0.6 is 0 Å². The fourth-order valence-electron chi connectivity index (χ4n) is 5.35. The molecule has 0 bridgehead atoms. The summed E-state index contributed by atoms with van der Waals surface area (Å²) in [5.74, 6) is 1.18. The van der Waals surface area contributed by atoms with Gasteiger partial charge in [-0.25, -0.2) is 0 Å². The van der Waals surface area contributed by atoms with Gasteiger partial charge in [0.1, 0.15) is 6.17 Å². The number of carbonyl (C=O) groups is 1. The van der Waals surface area contributed by atoms with Gasteiger partial charge in [-0.2, -0.15) is 0 Å². The van der Waals surface area contributed by atoms with Crippen molar-refractivity contribution >= 4 is 5.91 Å². The molecule has 0 aromatic heterocycles. The zero-order chi connectivity index (χ0) is 15.8. The molecule has 0 spiro atoms. The van der Waals surface area contributed by atoms with Gasteiger partial charge in [-0.15, -0.1) is 0 Å². The fourth-order valence-corrected chi connectivity index (χ4v) is 5.35. The van der Waals surface area contributed by atoms with E-state index >= 15 is 0 Å². The molecule has 128 valence electrons. The lowest BCUT2D eigenvalue weighted by Gasteiger charge is -2.45. The quantitative estimate of drug-likeness (QED) is 0.796. The van der Waals surface area contributed by atoms with Crippen molar-refractivity contribution in [1.82, 2.24) is 10.2 Å². The molecule has 4 aliphatic rings. The molecule has 2 aliphatic carbocycles. The third kappa shape index (κ3) is 2.96. The highest BCUT2D eigenvalue weighted by atomic mass is 16.5. The van der Waals surface area contributed by atoms with Gasteiger partial charge in [-0.3, -0.25) is 9.69 Å². The van der Waals surface area contributed by atoms with Crippen molar-refractivity contribution in [2.45, 2.75) is 76.1 Å². The summed E-state index contributed by atoms with van der Waals surface area (Å²) in [6, 6.07) is 0.492. The summed E-state index contributed by atoms with van der Waals surface area (Å²) in [7, 11) is 1.84. The van der Waals surface area contributed by atoms with Gasteiger partial charge in [-0.05, 0) is 50.0 Å². The van der Waals surface area contributed by atoms with E-state index in [1.807, 2.05) is 7.11 Å². The summed E-state index contributed by atoms with van der Waals surface area (Å²) in [5.41, 5.74) is 1.46. The lowest BCUT2D eigenvalue weighted by atomic mass is 9.81. The highest BCUT2D eigenvalue weighted by molar-refractivity contribution is 5.81. The Morgan fingerprint density at radius 1 is 1.17 bits per heavy atom. The van der Waals surface area contributed by atoms with Crippen LogP contribution in [0.15, 0.2) is 11.6 Å². The molecule has 4 fully saturated rings. The maximum Gasteiger partial charge on any atom is 0.226 e. The number of amides is 1. The van der Waals surface area contributed by atoms with E-state index in [4.69, 9.17) is 4.74 Å². The predicted octanol–water partition coefficient (Wildman–Crippen LogP) is 2.84. The van der Waals surface area contributed by atoms with Crippen LogP contribution in [0.1, 0.15) is 57.8 Å². The van der Waals surface area contributed by atoms with E-state index < -0.39 is 0 Å². The average Bonchev–Trinajstić information content (AvgIpc) is 2.98. The lowest BCUT2D eigenvalue weighted by Crippen LogP contribution is -2.61. The van der Waals surface area contributed by atoms with Gasteiger partial charge >= 0.3 is 0 Å². The molecular weight excluding hydrogens is 288 g/mol. The van der Waals surface area contributed by atoms with Crippen LogP contribution in [0.3, 0.4) is 0 Å². The normalized spacial score (nSPS) is 43.1. The second-order valence-electron chi connectivity index (χ2n) is 7.88. The number of ether oxygens (including phenoxy) is 1. The molecule has 2 heterocycles. The van der Waals surface area contributed by atoms with Crippen LogP contribution in [0.25, 0.3) is 0 Å². The molecule has 2 saturated carbocycles. The number of allylic oxidation sites excluding steroid dienone is 1. The summed E-state index contributed by atoms with van der Waals surface area (Å²) >= 11 is 0.